The Labute approximate surface area is 176 Å². The van der Waals surface area contributed by atoms with Crippen LogP contribution in [-0.2, 0) is 19.5 Å². The third-order valence-electron chi connectivity index (χ3n) is 5.40. The van der Waals surface area contributed by atoms with Crippen molar-refractivity contribution in [3.05, 3.63) is 65.5 Å². The lowest BCUT2D eigenvalue weighted by atomic mass is 10.2. The molecule has 7 nitrogen and oxygen atoms in total. The zero-order valence-electron chi connectivity index (χ0n) is 17.5. The van der Waals surface area contributed by atoms with Crippen LogP contribution in [0.25, 0.3) is 0 Å². The van der Waals surface area contributed by atoms with Crippen molar-refractivity contribution in [3.63, 3.8) is 0 Å². The summed E-state index contributed by atoms with van der Waals surface area (Å²) in [4.78, 5) is 15.0. The lowest BCUT2D eigenvalue weighted by Gasteiger charge is -2.24. The minimum atomic E-state index is -0.246. The van der Waals surface area contributed by atoms with Crippen molar-refractivity contribution in [3.8, 4) is 5.75 Å². The molecular formula is C23H27N5O2. The smallest absolute Gasteiger partial charge is 0.329 e. The van der Waals surface area contributed by atoms with E-state index in [0.717, 1.165) is 60.6 Å². The Morgan fingerprint density at radius 2 is 1.90 bits per heavy atom. The zero-order chi connectivity index (χ0) is 20.9. The molecule has 0 saturated heterocycles. The average molecular weight is 406 g/mol. The molecule has 0 bridgehead atoms. The highest BCUT2D eigenvalue weighted by atomic mass is 16.5. The molecule has 156 valence electrons. The number of urea groups is 1. The number of fused-ring (bicyclic) bond motifs is 1. The number of nitrogens with one attached hydrogen (secondary N) is 1. The Kier molecular flexibility index (Phi) is 5.97. The molecule has 0 radical (unpaired) electrons. The fraction of sp³-hybridized carbons (Fsp3) is 0.348. The Hall–Kier alpha value is -3.35. The number of amides is 2. The molecular weight excluding hydrogens is 378 g/mol. The summed E-state index contributed by atoms with van der Waals surface area (Å²) in [7, 11) is 1.64. The number of nitrogens with zero attached hydrogens (tertiary/aromatic N) is 4. The van der Waals surface area contributed by atoms with Gasteiger partial charge in [-0.2, -0.15) is 0 Å². The van der Waals surface area contributed by atoms with Gasteiger partial charge in [-0.05, 0) is 38.0 Å². The molecule has 1 aliphatic heterocycles. The second-order valence-electron chi connectivity index (χ2n) is 7.57. The predicted octanol–water partition coefficient (Wildman–Crippen LogP) is 4.56. The lowest BCUT2D eigenvalue weighted by molar-refractivity contribution is 0.256. The van der Waals surface area contributed by atoms with Crippen LogP contribution in [0.3, 0.4) is 0 Å². The van der Waals surface area contributed by atoms with E-state index in [-0.39, 0.29) is 6.03 Å². The first-order valence-electron chi connectivity index (χ1n) is 10.3. The molecule has 2 aromatic carbocycles. The van der Waals surface area contributed by atoms with Gasteiger partial charge in [0, 0.05) is 24.2 Å². The lowest BCUT2D eigenvalue weighted by Crippen LogP contribution is -2.36. The van der Waals surface area contributed by atoms with Crippen molar-refractivity contribution in [2.45, 2.75) is 45.7 Å². The third kappa shape index (κ3) is 4.30. The van der Waals surface area contributed by atoms with E-state index in [1.807, 2.05) is 55.5 Å². The SMILES string of the molecule is COc1ccccc1CN(C(=O)Nc1ccc(C)cc1)c1nnc2n1CCCCC2. The molecule has 0 aliphatic carbocycles. The molecule has 7 heteroatoms. The molecule has 3 aromatic rings. The molecule has 1 aromatic heterocycles. The van der Waals surface area contributed by atoms with Gasteiger partial charge in [-0.1, -0.05) is 42.3 Å². The molecule has 2 amide bonds. The molecule has 1 N–H and O–H groups in total. The minimum absolute atomic E-state index is 0.246. The number of benzene rings is 2. The van der Waals surface area contributed by atoms with Gasteiger partial charge < -0.3 is 10.1 Å². The predicted molar refractivity (Wildman–Crippen MR) is 117 cm³/mol. The van der Waals surface area contributed by atoms with Crippen molar-refractivity contribution < 1.29 is 9.53 Å². The van der Waals surface area contributed by atoms with Gasteiger partial charge in [0.25, 0.3) is 0 Å². The van der Waals surface area contributed by atoms with E-state index in [1.54, 1.807) is 12.0 Å². The fourth-order valence-electron chi connectivity index (χ4n) is 3.73. The first-order valence-corrected chi connectivity index (χ1v) is 10.3. The molecule has 2 heterocycles. The number of hydrogen-bond acceptors (Lipinski definition) is 4. The van der Waals surface area contributed by atoms with Crippen LogP contribution in [0.15, 0.2) is 48.5 Å². The monoisotopic (exact) mass is 405 g/mol. The fourth-order valence-corrected chi connectivity index (χ4v) is 3.73. The second kappa shape index (κ2) is 8.98. The summed E-state index contributed by atoms with van der Waals surface area (Å²) in [6.45, 7) is 3.17. The zero-order valence-corrected chi connectivity index (χ0v) is 17.5. The molecule has 0 spiro atoms. The van der Waals surface area contributed by atoms with Crippen molar-refractivity contribution in [2.24, 2.45) is 0 Å². The van der Waals surface area contributed by atoms with Crippen molar-refractivity contribution in [2.75, 3.05) is 17.3 Å². The summed E-state index contributed by atoms with van der Waals surface area (Å²) in [6.07, 6.45) is 4.19. The second-order valence-corrected chi connectivity index (χ2v) is 7.57. The summed E-state index contributed by atoms with van der Waals surface area (Å²) in [5.41, 5.74) is 2.79. The van der Waals surface area contributed by atoms with E-state index in [0.29, 0.717) is 12.5 Å². The van der Waals surface area contributed by atoms with Gasteiger partial charge in [0.05, 0.1) is 13.7 Å². The van der Waals surface area contributed by atoms with Crippen LogP contribution >= 0.6 is 0 Å². The first kappa shape index (κ1) is 19.9. The van der Waals surface area contributed by atoms with Gasteiger partial charge in [0.2, 0.25) is 5.95 Å². The van der Waals surface area contributed by atoms with Gasteiger partial charge in [-0.15, -0.1) is 10.2 Å². The number of para-hydroxylation sites is 1. The summed E-state index contributed by atoms with van der Waals surface area (Å²) in [5, 5.41) is 11.8. The van der Waals surface area contributed by atoms with E-state index in [4.69, 9.17) is 4.74 Å². The Balaban J connectivity index is 1.68. The summed E-state index contributed by atoms with van der Waals surface area (Å²) < 4.78 is 7.59. The highest BCUT2D eigenvalue weighted by molar-refractivity contribution is 6.00. The first-order chi connectivity index (χ1) is 14.7. The summed E-state index contributed by atoms with van der Waals surface area (Å²) in [5.74, 6) is 2.25. The van der Waals surface area contributed by atoms with Crippen LogP contribution in [0.2, 0.25) is 0 Å². The molecule has 4 rings (SSSR count). The Bertz CT molecular complexity index is 1010. The largest absolute Gasteiger partial charge is 0.496 e. The van der Waals surface area contributed by atoms with Gasteiger partial charge in [-0.25, -0.2) is 4.79 Å². The van der Waals surface area contributed by atoms with Gasteiger partial charge >= 0.3 is 6.03 Å². The topological polar surface area (TPSA) is 72.3 Å². The summed E-state index contributed by atoms with van der Waals surface area (Å²) in [6, 6.07) is 15.2. The number of carbonyl (C=O) groups is 1. The van der Waals surface area contributed by atoms with E-state index in [9.17, 15) is 4.79 Å². The van der Waals surface area contributed by atoms with Gasteiger partial charge in [0.1, 0.15) is 11.6 Å². The van der Waals surface area contributed by atoms with Crippen molar-refractivity contribution >= 4 is 17.7 Å². The maximum absolute atomic E-state index is 13.4. The van der Waals surface area contributed by atoms with Crippen LogP contribution in [0, 0.1) is 6.92 Å². The molecule has 0 unspecified atom stereocenters. The standard InChI is InChI=1S/C23H27N5O2/c1-17-11-13-19(14-12-17)24-23(29)28(16-18-8-5-6-9-20(18)30-2)22-26-25-21-10-4-3-7-15-27(21)22/h5-6,8-9,11-14H,3-4,7,10,15-16H2,1-2H3,(H,24,29). The average Bonchev–Trinajstić information content (AvgIpc) is 3.01. The van der Waals surface area contributed by atoms with E-state index in [1.165, 1.54) is 0 Å². The van der Waals surface area contributed by atoms with Crippen LogP contribution in [-0.4, -0.2) is 27.9 Å². The van der Waals surface area contributed by atoms with E-state index < -0.39 is 0 Å². The Morgan fingerprint density at radius 3 is 2.70 bits per heavy atom. The van der Waals surface area contributed by atoms with Crippen LogP contribution in [0.1, 0.15) is 36.2 Å². The van der Waals surface area contributed by atoms with Crippen molar-refractivity contribution in [1.82, 2.24) is 14.8 Å². The molecule has 0 fully saturated rings. The van der Waals surface area contributed by atoms with E-state index >= 15 is 0 Å². The quantitative estimate of drug-likeness (QED) is 0.675. The summed E-state index contributed by atoms with van der Waals surface area (Å²) >= 11 is 0. The number of aromatic nitrogens is 3. The normalized spacial score (nSPS) is 13.3. The molecule has 1 aliphatic rings. The van der Waals surface area contributed by atoms with Crippen LogP contribution < -0.4 is 15.0 Å². The number of methoxy groups -OCH3 is 1. The number of aryl methyl sites for hydroxylation is 2. The van der Waals surface area contributed by atoms with Gasteiger partial charge in [0.15, 0.2) is 0 Å². The van der Waals surface area contributed by atoms with Crippen LogP contribution in [0.5, 0.6) is 5.75 Å². The van der Waals surface area contributed by atoms with Crippen LogP contribution in [0.4, 0.5) is 16.4 Å². The maximum Gasteiger partial charge on any atom is 0.329 e. The minimum Gasteiger partial charge on any atom is -0.496 e. The van der Waals surface area contributed by atoms with Gasteiger partial charge in [-0.3, -0.25) is 9.47 Å². The number of hydrogen-bond donors (Lipinski definition) is 1. The highest BCUT2D eigenvalue weighted by Gasteiger charge is 2.26. The van der Waals surface area contributed by atoms with Crippen molar-refractivity contribution in [1.29, 1.82) is 0 Å². The number of carbonyl (C=O) groups excluding carboxylic acids is 1. The number of rotatable bonds is 5. The number of ether oxygens (including phenoxy) is 1. The van der Waals surface area contributed by atoms with E-state index in [2.05, 4.69) is 20.1 Å². The molecule has 30 heavy (non-hydrogen) atoms. The maximum atomic E-state index is 13.4. The molecule has 0 saturated carbocycles. The molecule has 0 atom stereocenters. The highest BCUT2D eigenvalue weighted by Crippen LogP contribution is 2.26. The Morgan fingerprint density at radius 1 is 1.10 bits per heavy atom. The third-order valence-corrected chi connectivity index (χ3v) is 5.40. The number of anilines is 2.